The van der Waals surface area contributed by atoms with E-state index in [2.05, 4.69) is 27.2 Å². The second-order valence-electron chi connectivity index (χ2n) is 5.22. The SMILES string of the molecule is CN=C(NCCN(C)CCOC)N(C)Cc1ccccc1Cl.I. The van der Waals surface area contributed by atoms with Crippen LogP contribution in [0, 0.1) is 0 Å². The summed E-state index contributed by atoms with van der Waals surface area (Å²) in [5, 5.41) is 4.15. The Morgan fingerprint density at radius 1 is 1.26 bits per heavy atom. The van der Waals surface area contributed by atoms with Gasteiger partial charge in [0.15, 0.2) is 5.96 Å². The van der Waals surface area contributed by atoms with Crippen molar-refractivity contribution in [2.45, 2.75) is 6.54 Å². The minimum atomic E-state index is 0. The zero-order valence-electron chi connectivity index (χ0n) is 14.4. The summed E-state index contributed by atoms with van der Waals surface area (Å²) in [6.07, 6.45) is 0. The predicted octanol–water partition coefficient (Wildman–Crippen LogP) is 2.54. The van der Waals surface area contributed by atoms with E-state index < -0.39 is 0 Å². The monoisotopic (exact) mass is 454 g/mol. The van der Waals surface area contributed by atoms with E-state index in [1.807, 2.05) is 31.3 Å². The van der Waals surface area contributed by atoms with E-state index in [0.717, 1.165) is 49.3 Å². The maximum absolute atomic E-state index is 6.21. The minimum absolute atomic E-state index is 0. The summed E-state index contributed by atoms with van der Waals surface area (Å²) in [5.74, 6) is 0.861. The molecular formula is C16H28ClIN4O. The van der Waals surface area contributed by atoms with Gasteiger partial charge < -0.3 is 19.9 Å². The molecular weight excluding hydrogens is 427 g/mol. The highest BCUT2D eigenvalue weighted by Crippen LogP contribution is 2.16. The summed E-state index contributed by atoms with van der Waals surface area (Å²) < 4.78 is 5.07. The van der Waals surface area contributed by atoms with Crippen LogP contribution < -0.4 is 5.32 Å². The Balaban J connectivity index is 0.00000484. The number of hydrogen-bond donors (Lipinski definition) is 1. The van der Waals surface area contributed by atoms with Crippen molar-refractivity contribution in [3.8, 4) is 0 Å². The molecule has 1 N–H and O–H groups in total. The third-order valence-corrected chi connectivity index (χ3v) is 3.76. The van der Waals surface area contributed by atoms with Gasteiger partial charge in [-0.25, -0.2) is 0 Å². The van der Waals surface area contributed by atoms with Gasteiger partial charge in [0, 0.05) is 52.4 Å². The van der Waals surface area contributed by atoms with Crippen LogP contribution in [0.5, 0.6) is 0 Å². The summed E-state index contributed by atoms with van der Waals surface area (Å²) in [4.78, 5) is 8.60. The number of rotatable bonds is 8. The lowest BCUT2D eigenvalue weighted by Crippen LogP contribution is -2.42. The van der Waals surface area contributed by atoms with Crippen molar-refractivity contribution in [1.29, 1.82) is 0 Å². The summed E-state index contributed by atoms with van der Waals surface area (Å²) >= 11 is 6.21. The van der Waals surface area contributed by atoms with Crippen molar-refractivity contribution in [1.82, 2.24) is 15.1 Å². The van der Waals surface area contributed by atoms with Crippen molar-refractivity contribution >= 4 is 41.5 Å². The smallest absolute Gasteiger partial charge is 0.193 e. The normalized spacial score (nSPS) is 11.3. The molecule has 5 nitrogen and oxygen atoms in total. The third-order valence-electron chi connectivity index (χ3n) is 3.39. The molecule has 1 rings (SSSR count). The van der Waals surface area contributed by atoms with Crippen molar-refractivity contribution in [3.63, 3.8) is 0 Å². The second kappa shape index (κ2) is 12.8. The third kappa shape index (κ3) is 8.74. The van der Waals surface area contributed by atoms with Crippen molar-refractivity contribution in [3.05, 3.63) is 34.9 Å². The Morgan fingerprint density at radius 2 is 1.96 bits per heavy atom. The van der Waals surface area contributed by atoms with E-state index in [1.165, 1.54) is 0 Å². The number of nitrogens with zero attached hydrogens (tertiary/aromatic N) is 3. The van der Waals surface area contributed by atoms with Crippen LogP contribution in [0.2, 0.25) is 5.02 Å². The van der Waals surface area contributed by atoms with E-state index in [4.69, 9.17) is 16.3 Å². The van der Waals surface area contributed by atoms with Gasteiger partial charge in [-0.2, -0.15) is 0 Å². The molecule has 0 unspecified atom stereocenters. The molecule has 0 spiro atoms. The van der Waals surface area contributed by atoms with Crippen molar-refractivity contribution in [2.75, 3.05) is 54.5 Å². The molecule has 0 radical (unpaired) electrons. The van der Waals surface area contributed by atoms with Gasteiger partial charge in [-0.3, -0.25) is 4.99 Å². The highest BCUT2D eigenvalue weighted by atomic mass is 127. The topological polar surface area (TPSA) is 40.1 Å². The lowest BCUT2D eigenvalue weighted by Gasteiger charge is -2.24. The van der Waals surface area contributed by atoms with Gasteiger partial charge in [-0.05, 0) is 18.7 Å². The minimum Gasteiger partial charge on any atom is -0.383 e. The van der Waals surface area contributed by atoms with Crippen LogP contribution in [0.4, 0.5) is 0 Å². The van der Waals surface area contributed by atoms with Crippen LogP contribution in [-0.2, 0) is 11.3 Å². The molecule has 1 aromatic rings. The second-order valence-corrected chi connectivity index (χ2v) is 5.62. The first-order valence-corrected chi connectivity index (χ1v) is 7.79. The molecule has 0 saturated heterocycles. The Hall–Kier alpha value is -0.570. The predicted molar refractivity (Wildman–Crippen MR) is 109 cm³/mol. The van der Waals surface area contributed by atoms with Crippen LogP contribution >= 0.6 is 35.6 Å². The van der Waals surface area contributed by atoms with E-state index in [9.17, 15) is 0 Å². The average Bonchev–Trinajstić information content (AvgIpc) is 2.51. The maximum Gasteiger partial charge on any atom is 0.193 e. The molecule has 0 aromatic heterocycles. The summed E-state index contributed by atoms with van der Waals surface area (Å²) in [6.45, 7) is 4.16. The number of methoxy groups -OCH3 is 1. The average molecular weight is 455 g/mol. The largest absolute Gasteiger partial charge is 0.383 e. The first-order valence-electron chi connectivity index (χ1n) is 7.41. The fourth-order valence-electron chi connectivity index (χ4n) is 2.06. The number of ether oxygens (including phenoxy) is 1. The van der Waals surface area contributed by atoms with E-state index in [0.29, 0.717) is 0 Å². The molecule has 1 aromatic carbocycles. The molecule has 0 saturated carbocycles. The maximum atomic E-state index is 6.21. The van der Waals surface area contributed by atoms with E-state index in [1.54, 1.807) is 14.2 Å². The highest BCUT2D eigenvalue weighted by molar-refractivity contribution is 14.0. The van der Waals surface area contributed by atoms with Gasteiger partial charge in [0.2, 0.25) is 0 Å². The Bertz CT molecular complexity index is 473. The van der Waals surface area contributed by atoms with Crippen LogP contribution in [0.3, 0.4) is 0 Å². The van der Waals surface area contributed by atoms with Crippen LogP contribution in [0.25, 0.3) is 0 Å². The van der Waals surface area contributed by atoms with Gasteiger partial charge >= 0.3 is 0 Å². The molecule has 0 aliphatic heterocycles. The summed E-state index contributed by atoms with van der Waals surface area (Å²) in [6, 6.07) is 7.88. The number of nitrogens with one attached hydrogen (secondary N) is 1. The molecule has 0 heterocycles. The van der Waals surface area contributed by atoms with Gasteiger partial charge in [-0.15, -0.1) is 24.0 Å². The fourth-order valence-corrected chi connectivity index (χ4v) is 2.25. The van der Waals surface area contributed by atoms with Gasteiger partial charge in [0.25, 0.3) is 0 Å². The summed E-state index contributed by atoms with van der Waals surface area (Å²) in [5.41, 5.74) is 1.09. The lowest BCUT2D eigenvalue weighted by molar-refractivity contribution is 0.162. The number of hydrogen-bond acceptors (Lipinski definition) is 3. The number of halogens is 2. The Kier molecular flexibility index (Phi) is 12.5. The molecule has 23 heavy (non-hydrogen) atoms. The van der Waals surface area contributed by atoms with Gasteiger partial charge in [-0.1, -0.05) is 29.8 Å². The van der Waals surface area contributed by atoms with Gasteiger partial charge in [0.1, 0.15) is 0 Å². The Morgan fingerprint density at radius 3 is 2.57 bits per heavy atom. The molecule has 0 bridgehead atoms. The van der Waals surface area contributed by atoms with Crippen molar-refractivity contribution < 1.29 is 4.74 Å². The van der Waals surface area contributed by atoms with Crippen LogP contribution in [-0.4, -0.2) is 70.3 Å². The first-order chi connectivity index (χ1) is 10.6. The molecule has 0 aliphatic rings. The standard InChI is InChI=1S/C16H27ClN4O.HI/c1-18-16(19-9-10-20(2)11-12-22-4)21(3)13-14-7-5-6-8-15(14)17;/h5-8H,9-13H2,1-4H3,(H,18,19);1H. The first kappa shape index (κ1) is 22.4. The number of benzene rings is 1. The number of guanidine groups is 1. The van der Waals surface area contributed by atoms with Crippen molar-refractivity contribution in [2.24, 2.45) is 4.99 Å². The lowest BCUT2D eigenvalue weighted by atomic mass is 10.2. The van der Waals surface area contributed by atoms with Gasteiger partial charge in [0.05, 0.1) is 6.61 Å². The zero-order chi connectivity index (χ0) is 16.4. The molecule has 7 heteroatoms. The number of aliphatic imine (C=N–C) groups is 1. The number of likely N-dealkylation sites (N-methyl/N-ethyl adjacent to an activating group) is 1. The molecule has 132 valence electrons. The zero-order valence-corrected chi connectivity index (χ0v) is 17.5. The summed E-state index contributed by atoms with van der Waals surface area (Å²) in [7, 11) is 7.60. The highest BCUT2D eigenvalue weighted by Gasteiger charge is 2.08. The van der Waals surface area contributed by atoms with E-state index >= 15 is 0 Å². The van der Waals surface area contributed by atoms with E-state index in [-0.39, 0.29) is 24.0 Å². The molecule has 0 fully saturated rings. The van der Waals surface area contributed by atoms with Crippen LogP contribution in [0.1, 0.15) is 5.56 Å². The molecule has 0 amide bonds. The fraction of sp³-hybridized carbons (Fsp3) is 0.562. The molecule has 0 aliphatic carbocycles. The Labute approximate surface area is 162 Å². The molecule has 0 atom stereocenters. The quantitative estimate of drug-likeness (QED) is 0.372. The van der Waals surface area contributed by atoms with Crippen LogP contribution in [0.15, 0.2) is 29.3 Å².